The van der Waals surface area contributed by atoms with Gasteiger partial charge in [-0.05, 0) is 39.2 Å². The van der Waals surface area contributed by atoms with Crippen LogP contribution in [0.2, 0.25) is 0 Å². The molecule has 0 rings (SSSR count). The SMILES string of the molecule is CC.CC.CCC.CCC(C)C(C)(C)CC(C)=O.CNCCOC(C)(C)OCCNC=O. The summed E-state index contributed by atoms with van der Waals surface area (Å²) in [5, 5.41) is 5.49. The molecule has 0 saturated carbocycles. The average molecular weight is 465 g/mol. The van der Waals surface area contributed by atoms with Crippen molar-refractivity contribution in [3.05, 3.63) is 0 Å². The molecule has 0 spiro atoms. The molecule has 1 unspecified atom stereocenters. The van der Waals surface area contributed by atoms with E-state index in [4.69, 9.17) is 9.47 Å². The van der Waals surface area contributed by atoms with E-state index in [1.54, 1.807) is 6.92 Å². The number of hydrogen-bond donors (Lipinski definition) is 2. The lowest BCUT2D eigenvalue weighted by atomic mass is 9.75. The molecular formula is C26H60N2O4. The molecule has 6 heteroatoms. The summed E-state index contributed by atoms with van der Waals surface area (Å²) in [6.07, 6.45) is 3.76. The number of likely N-dealkylation sites (N-methyl/N-ethyl adjacent to an activating group) is 1. The first-order valence-electron chi connectivity index (χ1n) is 12.5. The molecule has 0 aromatic rings. The molecular weight excluding hydrogens is 404 g/mol. The number of hydrogen-bond acceptors (Lipinski definition) is 5. The van der Waals surface area contributed by atoms with Crippen molar-refractivity contribution in [1.82, 2.24) is 10.6 Å². The number of amides is 1. The van der Waals surface area contributed by atoms with Crippen molar-refractivity contribution in [2.24, 2.45) is 11.3 Å². The summed E-state index contributed by atoms with van der Waals surface area (Å²) in [4.78, 5) is 20.8. The zero-order chi connectivity index (χ0) is 26.6. The van der Waals surface area contributed by atoms with Gasteiger partial charge in [-0.15, -0.1) is 0 Å². The van der Waals surface area contributed by atoms with Crippen molar-refractivity contribution >= 4 is 12.2 Å². The molecule has 1 amide bonds. The third-order valence-electron chi connectivity index (χ3n) is 4.23. The Kier molecular flexibility index (Phi) is 38.7. The fraction of sp³-hybridized carbons (Fsp3) is 0.923. The molecule has 0 aromatic carbocycles. The monoisotopic (exact) mass is 464 g/mol. The van der Waals surface area contributed by atoms with Gasteiger partial charge in [0, 0.05) is 19.5 Å². The van der Waals surface area contributed by atoms with Gasteiger partial charge in [0.25, 0.3) is 0 Å². The minimum Gasteiger partial charge on any atom is -0.356 e. The Bertz CT molecular complexity index is 373. The topological polar surface area (TPSA) is 76.7 Å². The van der Waals surface area contributed by atoms with Crippen molar-refractivity contribution in [3.63, 3.8) is 0 Å². The number of rotatable bonds is 13. The van der Waals surface area contributed by atoms with Crippen LogP contribution in [0.3, 0.4) is 0 Å². The maximum atomic E-state index is 10.9. The summed E-state index contributed by atoms with van der Waals surface area (Å²) < 4.78 is 10.9. The van der Waals surface area contributed by atoms with Gasteiger partial charge < -0.3 is 24.9 Å². The lowest BCUT2D eigenvalue weighted by Crippen LogP contribution is -2.33. The van der Waals surface area contributed by atoms with Gasteiger partial charge in [0.15, 0.2) is 5.79 Å². The summed E-state index contributed by atoms with van der Waals surface area (Å²) in [6.45, 7) is 28.7. The van der Waals surface area contributed by atoms with Crippen molar-refractivity contribution in [3.8, 4) is 0 Å². The molecule has 0 aliphatic carbocycles. The fourth-order valence-electron chi connectivity index (χ4n) is 2.22. The fourth-order valence-corrected chi connectivity index (χ4v) is 2.22. The highest BCUT2D eigenvalue weighted by atomic mass is 16.7. The maximum Gasteiger partial charge on any atom is 0.207 e. The normalized spacial score (nSPS) is 10.9. The Balaban J connectivity index is -0.000000120. The number of ketones is 1. The van der Waals surface area contributed by atoms with E-state index in [1.165, 1.54) is 6.42 Å². The van der Waals surface area contributed by atoms with E-state index in [9.17, 15) is 9.59 Å². The van der Waals surface area contributed by atoms with E-state index in [0.29, 0.717) is 44.3 Å². The van der Waals surface area contributed by atoms with E-state index < -0.39 is 5.79 Å². The van der Waals surface area contributed by atoms with E-state index in [1.807, 2.05) is 48.6 Å². The minimum atomic E-state index is -0.596. The second kappa shape index (κ2) is 30.0. The summed E-state index contributed by atoms with van der Waals surface area (Å²) in [5.74, 6) is 0.336. The molecule has 0 heterocycles. The number of carbonyl (C=O) groups excluding carboxylic acids is 2. The van der Waals surface area contributed by atoms with E-state index in [2.05, 4.69) is 52.2 Å². The first kappa shape index (κ1) is 41.3. The van der Waals surface area contributed by atoms with Crippen LogP contribution in [0.25, 0.3) is 0 Å². The third kappa shape index (κ3) is 36.4. The summed E-state index contributed by atoms with van der Waals surface area (Å²) in [5.41, 5.74) is 0.181. The predicted molar refractivity (Wildman–Crippen MR) is 141 cm³/mol. The Morgan fingerprint density at radius 3 is 1.66 bits per heavy atom. The van der Waals surface area contributed by atoms with Crippen molar-refractivity contribution in [2.45, 2.75) is 115 Å². The molecule has 0 fully saturated rings. The zero-order valence-corrected chi connectivity index (χ0v) is 24.2. The van der Waals surface area contributed by atoms with Gasteiger partial charge in [-0.2, -0.15) is 0 Å². The first-order valence-corrected chi connectivity index (χ1v) is 12.5. The Hall–Kier alpha value is -0.980. The van der Waals surface area contributed by atoms with Crippen LogP contribution in [-0.4, -0.2) is 51.3 Å². The summed E-state index contributed by atoms with van der Waals surface area (Å²) in [6, 6.07) is 0. The molecule has 32 heavy (non-hydrogen) atoms. The smallest absolute Gasteiger partial charge is 0.207 e. The minimum absolute atomic E-state index is 0.181. The van der Waals surface area contributed by atoms with Crippen LogP contribution in [0, 0.1) is 11.3 Å². The molecule has 0 aromatic heterocycles. The van der Waals surface area contributed by atoms with Gasteiger partial charge in [0.05, 0.1) is 13.2 Å². The molecule has 0 saturated heterocycles. The first-order chi connectivity index (χ1) is 14.9. The zero-order valence-electron chi connectivity index (χ0n) is 24.2. The van der Waals surface area contributed by atoms with Gasteiger partial charge in [0.1, 0.15) is 5.78 Å². The van der Waals surface area contributed by atoms with Crippen molar-refractivity contribution in [1.29, 1.82) is 0 Å². The van der Waals surface area contributed by atoms with E-state index >= 15 is 0 Å². The lowest BCUT2D eigenvalue weighted by molar-refractivity contribution is -0.211. The highest BCUT2D eigenvalue weighted by Gasteiger charge is 2.25. The number of ether oxygens (including phenoxy) is 2. The molecule has 6 nitrogen and oxygen atoms in total. The number of nitrogens with one attached hydrogen (secondary N) is 2. The summed E-state index contributed by atoms with van der Waals surface area (Å²) >= 11 is 0. The van der Waals surface area contributed by atoms with Crippen LogP contribution < -0.4 is 10.6 Å². The highest BCUT2D eigenvalue weighted by molar-refractivity contribution is 5.76. The highest BCUT2D eigenvalue weighted by Crippen LogP contribution is 2.32. The third-order valence-corrected chi connectivity index (χ3v) is 4.23. The molecule has 0 aliphatic rings. The van der Waals surface area contributed by atoms with Crippen LogP contribution in [0.4, 0.5) is 0 Å². The number of Topliss-reactive ketones (excluding diaryl/α,β-unsaturated/α-hetero) is 1. The standard InChI is InChI=1S/C10H20O.C9H20N2O3.C3H8.2C2H6/c1-6-8(2)10(4,5)7-9(3)11;1-9(2,13-6-4-10-3)14-7-5-11-8-12;1-3-2;2*1-2/h8H,6-7H2,1-5H3;8,10H,4-7H2,1-3H3,(H,11,12);3H2,1-2H3;2*1-2H3. The van der Waals surface area contributed by atoms with Crippen molar-refractivity contribution in [2.75, 3.05) is 33.4 Å². The maximum absolute atomic E-state index is 10.9. The second-order valence-electron chi connectivity index (χ2n) is 8.16. The Labute approximate surface area is 202 Å². The van der Waals surface area contributed by atoms with Gasteiger partial charge in [0.2, 0.25) is 6.41 Å². The largest absolute Gasteiger partial charge is 0.356 e. The lowest BCUT2D eigenvalue weighted by Gasteiger charge is -2.29. The van der Waals surface area contributed by atoms with Gasteiger partial charge in [-0.25, -0.2) is 0 Å². The predicted octanol–water partition coefficient (Wildman–Crippen LogP) is 6.23. The van der Waals surface area contributed by atoms with Crippen LogP contribution in [-0.2, 0) is 19.1 Å². The van der Waals surface area contributed by atoms with Crippen LogP contribution in [0.1, 0.15) is 109 Å². The molecule has 198 valence electrons. The molecule has 0 bridgehead atoms. The quantitative estimate of drug-likeness (QED) is 0.192. The molecule has 0 aliphatic heterocycles. The van der Waals surface area contributed by atoms with E-state index in [-0.39, 0.29) is 5.41 Å². The van der Waals surface area contributed by atoms with Gasteiger partial charge >= 0.3 is 0 Å². The van der Waals surface area contributed by atoms with Crippen LogP contribution in [0.15, 0.2) is 0 Å². The number of carbonyl (C=O) groups is 2. The summed E-state index contributed by atoms with van der Waals surface area (Å²) in [7, 11) is 1.87. The molecule has 0 radical (unpaired) electrons. The average Bonchev–Trinajstić information content (AvgIpc) is 2.74. The Morgan fingerprint density at radius 2 is 1.34 bits per heavy atom. The van der Waals surface area contributed by atoms with Crippen LogP contribution in [0.5, 0.6) is 0 Å². The van der Waals surface area contributed by atoms with Gasteiger partial charge in [-0.3, -0.25) is 4.79 Å². The molecule has 1 atom stereocenters. The van der Waals surface area contributed by atoms with Crippen LogP contribution >= 0.6 is 0 Å². The van der Waals surface area contributed by atoms with E-state index in [0.717, 1.165) is 13.0 Å². The second-order valence-corrected chi connectivity index (χ2v) is 8.16. The molecule has 2 N–H and O–H groups in total. The van der Waals surface area contributed by atoms with Crippen molar-refractivity contribution < 1.29 is 19.1 Å². The van der Waals surface area contributed by atoms with Gasteiger partial charge in [-0.1, -0.05) is 82.1 Å². The Morgan fingerprint density at radius 1 is 0.938 bits per heavy atom.